The van der Waals surface area contributed by atoms with Crippen molar-refractivity contribution >= 4 is 0 Å². The average molecular weight is 237 g/mol. The number of benzene rings is 1. The zero-order valence-electron chi connectivity index (χ0n) is 9.98. The molecule has 0 radical (unpaired) electrons. The molecule has 1 aliphatic rings. The molecule has 0 saturated heterocycles. The summed E-state index contributed by atoms with van der Waals surface area (Å²) >= 11 is 0. The van der Waals surface area contributed by atoms with Crippen molar-refractivity contribution in [2.75, 3.05) is 6.54 Å². The van der Waals surface area contributed by atoms with Crippen LogP contribution in [-0.2, 0) is 0 Å². The van der Waals surface area contributed by atoms with Gasteiger partial charge >= 0.3 is 0 Å². The van der Waals surface area contributed by atoms with Gasteiger partial charge in [-0.05, 0) is 30.0 Å². The molecule has 0 aromatic heterocycles. The molecule has 3 heteroatoms. The average Bonchev–Trinajstić information content (AvgIpc) is 2.27. The van der Waals surface area contributed by atoms with Gasteiger partial charge in [-0.3, -0.25) is 0 Å². The molecule has 2 rings (SSSR count). The number of hydrogen-bond acceptors (Lipinski definition) is 2. The van der Waals surface area contributed by atoms with Crippen LogP contribution in [0, 0.1) is 11.7 Å². The maximum absolute atomic E-state index is 12.8. The third-order valence-electron chi connectivity index (χ3n) is 3.82. The van der Waals surface area contributed by atoms with E-state index in [9.17, 15) is 9.50 Å². The van der Waals surface area contributed by atoms with Crippen LogP contribution >= 0.6 is 0 Å². The molecule has 0 heterocycles. The minimum atomic E-state index is -0.407. The van der Waals surface area contributed by atoms with Crippen molar-refractivity contribution in [2.45, 2.75) is 37.7 Å². The minimum Gasteiger partial charge on any atom is -0.392 e. The van der Waals surface area contributed by atoms with Crippen molar-refractivity contribution in [2.24, 2.45) is 11.7 Å². The van der Waals surface area contributed by atoms with Gasteiger partial charge in [-0.2, -0.15) is 0 Å². The van der Waals surface area contributed by atoms with Gasteiger partial charge in [0.25, 0.3) is 0 Å². The van der Waals surface area contributed by atoms with Gasteiger partial charge in [0.1, 0.15) is 5.82 Å². The lowest BCUT2D eigenvalue weighted by Crippen LogP contribution is -2.29. The number of halogens is 1. The van der Waals surface area contributed by atoms with Crippen LogP contribution in [0.3, 0.4) is 0 Å². The van der Waals surface area contributed by atoms with E-state index in [4.69, 9.17) is 5.73 Å². The van der Waals surface area contributed by atoms with Gasteiger partial charge in [0.15, 0.2) is 0 Å². The number of aliphatic hydroxyl groups is 1. The summed E-state index contributed by atoms with van der Waals surface area (Å²) in [5.41, 5.74) is 6.66. The molecule has 1 saturated carbocycles. The molecule has 1 fully saturated rings. The van der Waals surface area contributed by atoms with E-state index in [1.807, 2.05) is 0 Å². The third kappa shape index (κ3) is 3.05. The summed E-state index contributed by atoms with van der Waals surface area (Å²) in [5.74, 6) is 0.328. The summed E-state index contributed by atoms with van der Waals surface area (Å²) in [5, 5.41) is 10.2. The second-order valence-electron chi connectivity index (χ2n) is 4.99. The standard InChI is InChI=1S/C14H20FNO/c15-12-6-4-11(5-7-12)13(9-16)14(17)8-10-2-1-3-10/h4-7,10,13-14,17H,1-3,8-9,16H2. The van der Waals surface area contributed by atoms with Gasteiger partial charge in [-0.25, -0.2) is 4.39 Å². The van der Waals surface area contributed by atoms with E-state index >= 15 is 0 Å². The molecule has 17 heavy (non-hydrogen) atoms. The molecule has 1 aromatic rings. The molecule has 1 aromatic carbocycles. The Morgan fingerprint density at radius 2 is 1.94 bits per heavy atom. The summed E-state index contributed by atoms with van der Waals surface area (Å²) in [7, 11) is 0. The molecule has 3 N–H and O–H groups in total. The van der Waals surface area contributed by atoms with Gasteiger partial charge in [-0.1, -0.05) is 31.4 Å². The topological polar surface area (TPSA) is 46.2 Å². The van der Waals surface area contributed by atoms with E-state index in [1.165, 1.54) is 31.4 Å². The molecular weight excluding hydrogens is 217 g/mol. The van der Waals surface area contributed by atoms with Gasteiger partial charge in [0.05, 0.1) is 6.10 Å². The van der Waals surface area contributed by atoms with Crippen molar-refractivity contribution in [3.05, 3.63) is 35.6 Å². The Labute approximate surface area is 102 Å². The van der Waals surface area contributed by atoms with Crippen LogP contribution in [0.4, 0.5) is 4.39 Å². The Morgan fingerprint density at radius 3 is 2.41 bits per heavy atom. The number of rotatable bonds is 5. The summed E-state index contributed by atoms with van der Waals surface area (Å²) in [6.07, 6.45) is 4.13. The second kappa shape index (κ2) is 5.61. The van der Waals surface area contributed by atoms with E-state index in [0.29, 0.717) is 12.5 Å². The maximum atomic E-state index is 12.8. The highest BCUT2D eigenvalue weighted by Crippen LogP contribution is 2.33. The van der Waals surface area contributed by atoms with Crippen molar-refractivity contribution in [1.82, 2.24) is 0 Å². The first-order chi connectivity index (χ1) is 8.20. The van der Waals surface area contributed by atoms with E-state index in [0.717, 1.165) is 12.0 Å². The zero-order valence-corrected chi connectivity index (χ0v) is 9.98. The van der Waals surface area contributed by atoms with Crippen molar-refractivity contribution in [1.29, 1.82) is 0 Å². The van der Waals surface area contributed by atoms with Crippen LogP contribution in [0.1, 0.15) is 37.2 Å². The lowest BCUT2D eigenvalue weighted by molar-refractivity contribution is 0.0951. The third-order valence-corrected chi connectivity index (χ3v) is 3.82. The Bertz CT molecular complexity index is 348. The summed E-state index contributed by atoms with van der Waals surface area (Å²) < 4.78 is 12.8. The molecule has 2 unspecified atom stereocenters. The fourth-order valence-corrected chi connectivity index (χ4v) is 2.46. The Morgan fingerprint density at radius 1 is 1.29 bits per heavy atom. The van der Waals surface area contributed by atoms with Crippen molar-refractivity contribution in [3.8, 4) is 0 Å². The highest BCUT2D eigenvalue weighted by atomic mass is 19.1. The van der Waals surface area contributed by atoms with E-state index < -0.39 is 6.10 Å². The molecular formula is C14H20FNO. The fraction of sp³-hybridized carbons (Fsp3) is 0.571. The second-order valence-corrected chi connectivity index (χ2v) is 4.99. The van der Waals surface area contributed by atoms with Crippen molar-refractivity contribution in [3.63, 3.8) is 0 Å². The normalized spacial score (nSPS) is 19.7. The molecule has 1 aliphatic carbocycles. The van der Waals surface area contributed by atoms with E-state index in [-0.39, 0.29) is 11.7 Å². The monoisotopic (exact) mass is 237 g/mol. The van der Waals surface area contributed by atoms with Crippen LogP contribution in [0.25, 0.3) is 0 Å². The highest BCUT2D eigenvalue weighted by Gasteiger charge is 2.26. The number of hydrogen-bond donors (Lipinski definition) is 2. The minimum absolute atomic E-state index is 0.0730. The maximum Gasteiger partial charge on any atom is 0.123 e. The summed E-state index contributed by atoms with van der Waals surface area (Å²) in [6.45, 7) is 0.402. The van der Waals surface area contributed by atoms with Gasteiger partial charge in [0, 0.05) is 12.5 Å². The molecule has 0 spiro atoms. The smallest absolute Gasteiger partial charge is 0.123 e. The molecule has 2 nitrogen and oxygen atoms in total. The van der Waals surface area contributed by atoms with E-state index in [1.54, 1.807) is 12.1 Å². The van der Waals surface area contributed by atoms with Gasteiger partial charge in [-0.15, -0.1) is 0 Å². The van der Waals surface area contributed by atoms with Crippen LogP contribution < -0.4 is 5.73 Å². The first-order valence-electron chi connectivity index (χ1n) is 6.34. The van der Waals surface area contributed by atoms with Gasteiger partial charge < -0.3 is 10.8 Å². The summed E-state index contributed by atoms with van der Waals surface area (Å²) in [6, 6.07) is 6.29. The Balaban J connectivity index is 2.00. The van der Waals surface area contributed by atoms with Crippen LogP contribution in [-0.4, -0.2) is 17.8 Å². The molecule has 0 aliphatic heterocycles. The van der Waals surface area contributed by atoms with Crippen LogP contribution in [0.2, 0.25) is 0 Å². The number of nitrogens with two attached hydrogens (primary N) is 1. The summed E-state index contributed by atoms with van der Waals surface area (Å²) in [4.78, 5) is 0. The highest BCUT2D eigenvalue weighted by molar-refractivity contribution is 5.22. The van der Waals surface area contributed by atoms with E-state index in [2.05, 4.69) is 0 Å². The molecule has 2 atom stereocenters. The Hall–Kier alpha value is -0.930. The Kier molecular flexibility index (Phi) is 4.13. The first kappa shape index (κ1) is 12.5. The fourth-order valence-electron chi connectivity index (χ4n) is 2.46. The SMILES string of the molecule is NCC(c1ccc(F)cc1)C(O)CC1CCC1. The predicted molar refractivity (Wildman–Crippen MR) is 66.2 cm³/mol. The zero-order chi connectivity index (χ0) is 12.3. The number of aliphatic hydroxyl groups excluding tert-OH is 1. The quantitative estimate of drug-likeness (QED) is 0.826. The first-order valence-corrected chi connectivity index (χ1v) is 6.34. The predicted octanol–water partition coefficient (Wildman–Crippen LogP) is 2.42. The lowest BCUT2D eigenvalue weighted by atomic mass is 9.78. The van der Waals surface area contributed by atoms with Crippen molar-refractivity contribution < 1.29 is 9.50 Å². The largest absolute Gasteiger partial charge is 0.392 e. The lowest BCUT2D eigenvalue weighted by Gasteiger charge is -2.31. The molecule has 0 bridgehead atoms. The molecule has 0 amide bonds. The molecule has 94 valence electrons. The van der Waals surface area contributed by atoms with Crippen LogP contribution in [0.15, 0.2) is 24.3 Å². The van der Waals surface area contributed by atoms with Gasteiger partial charge in [0.2, 0.25) is 0 Å². The van der Waals surface area contributed by atoms with Crippen LogP contribution in [0.5, 0.6) is 0 Å².